The van der Waals surface area contributed by atoms with E-state index < -0.39 is 0 Å². The number of carbonyl (C=O) groups is 1. The summed E-state index contributed by atoms with van der Waals surface area (Å²) in [6, 6.07) is 11.9. The van der Waals surface area contributed by atoms with Crippen molar-refractivity contribution in [3.05, 3.63) is 53.3 Å². The van der Waals surface area contributed by atoms with Gasteiger partial charge in [-0.25, -0.2) is 0 Å². The maximum absolute atomic E-state index is 12.0. The fourth-order valence-electron chi connectivity index (χ4n) is 3.40. The van der Waals surface area contributed by atoms with E-state index in [1.54, 1.807) is 0 Å². The molecule has 0 bridgehead atoms. The maximum atomic E-state index is 12.0. The smallest absolute Gasteiger partial charge is 0.320 e. The van der Waals surface area contributed by atoms with Gasteiger partial charge >= 0.3 is 5.97 Å². The quantitative estimate of drug-likeness (QED) is 0.758. The summed E-state index contributed by atoms with van der Waals surface area (Å²) in [5, 5.41) is 4.55. The van der Waals surface area contributed by atoms with E-state index in [-0.39, 0.29) is 5.97 Å². The minimum atomic E-state index is -0.138. The molecule has 0 unspecified atom stereocenters. The number of rotatable bonds is 6. The number of aromatic nitrogens is 2. The molecule has 1 aliphatic heterocycles. The van der Waals surface area contributed by atoms with Crippen molar-refractivity contribution in [1.29, 1.82) is 0 Å². The first-order chi connectivity index (χ1) is 12.1. The van der Waals surface area contributed by atoms with Gasteiger partial charge in [0.1, 0.15) is 6.61 Å². The van der Waals surface area contributed by atoms with E-state index in [2.05, 4.69) is 27.7 Å². The van der Waals surface area contributed by atoms with Gasteiger partial charge in [0.05, 0.1) is 12.2 Å². The lowest BCUT2D eigenvalue weighted by Gasteiger charge is -2.31. The maximum Gasteiger partial charge on any atom is 0.320 e. The van der Waals surface area contributed by atoms with E-state index in [1.165, 1.54) is 5.69 Å². The Kier molecular flexibility index (Phi) is 5.87. The number of nitrogens with zero attached hydrogens (tertiary/aromatic N) is 3. The molecule has 0 radical (unpaired) electrons. The summed E-state index contributed by atoms with van der Waals surface area (Å²) in [6.45, 7) is 7.76. The number of esters is 1. The number of ether oxygens (including phenoxy) is 1. The Hall–Kier alpha value is -2.14. The zero-order valence-corrected chi connectivity index (χ0v) is 15.1. The standard InChI is InChI=1S/C20H27N3O2/c1-16-12-17(2)23(21-16)13-18-8-10-22(11-9-18)14-20(24)25-15-19-6-4-3-5-7-19/h3-7,12,18H,8-11,13-15H2,1-2H3. The molecule has 0 amide bonds. The Labute approximate surface area is 149 Å². The number of carbonyl (C=O) groups excluding carboxylic acids is 1. The summed E-state index contributed by atoms with van der Waals surface area (Å²) in [5.41, 5.74) is 3.33. The average Bonchev–Trinajstić information content (AvgIpc) is 2.93. The summed E-state index contributed by atoms with van der Waals surface area (Å²) in [5.74, 6) is 0.496. The van der Waals surface area contributed by atoms with Crippen LogP contribution >= 0.6 is 0 Å². The van der Waals surface area contributed by atoms with Gasteiger partial charge in [-0.1, -0.05) is 30.3 Å². The van der Waals surface area contributed by atoms with Crippen LogP contribution < -0.4 is 0 Å². The first-order valence-corrected chi connectivity index (χ1v) is 9.03. The van der Waals surface area contributed by atoms with Gasteiger partial charge in [0.25, 0.3) is 0 Å². The second-order valence-electron chi connectivity index (χ2n) is 6.98. The predicted octanol–water partition coefficient (Wildman–Crippen LogP) is 2.96. The number of benzene rings is 1. The van der Waals surface area contributed by atoms with Gasteiger partial charge in [0.2, 0.25) is 0 Å². The Morgan fingerprint density at radius 1 is 1.20 bits per heavy atom. The van der Waals surface area contributed by atoms with E-state index in [9.17, 15) is 4.79 Å². The van der Waals surface area contributed by atoms with Crippen molar-refractivity contribution in [2.45, 2.75) is 39.8 Å². The molecule has 1 aromatic heterocycles. The number of hydrogen-bond donors (Lipinski definition) is 0. The Morgan fingerprint density at radius 2 is 1.92 bits per heavy atom. The van der Waals surface area contributed by atoms with Crippen molar-refractivity contribution in [2.75, 3.05) is 19.6 Å². The van der Waals surface area contributed by atoms with Gasteiger partial charge in [-0.05, 0) is 57.3 Å². The van der Waals surface area contributed by atoms with Gasteiger partial charge in [-0.15, -0.1) is 0 Å². The van der Waals surface area contributed by atoms with Gasteiger partial charge in [0.15, 0.2) is 0 Å². The molecule has 3 rings (SSSR count). The zero-order chi connectivity index (χ0) is 17.6. The molecule has 0 spiro atoms. The molecule has 1 saturated heterocycles. The molecule has 25 heavy (non-hydrogen) atoms. The molecule has 5 nitrogen and oxygen atoms in total. The lowest BCUT2D eigenvalue weighted by atomic mass is 9.97. The van der Waals surface area contributed by atoms with Crippen LogP contribution in [0.4, 0.5) is 0 Å². The molecule has 1 aromatic carbocycles. The fraction of sp³-hybridized carbons (Fsp3) is 0.500. The predicted molar refractivity (Wildman–Crippen MR) is 97.1 cm³/mol. The normalized spacial score (nSPS) is 16.1. The monoisotopic (exact) mass is 341 g/mol. The van der Waals surface area contributed by atoms with Crippen molar-refractivity contribution >= 4 is 5.97 Å². The molecule has 0 aliphatic carbocycles. The Bertz CT molecular complexity index is 688. The van der Waals surface area contributed by atoms with Crippen LogP contribution in [-0.2, 0) is 22.7 Å². The van der Waals surface area contributed by atoms with Crippen molar-refractivity contribution in [3.8, 4) is 0 Å². The summed E-state index contributed by atoms with van der Waals surface area (Å²) < 4.78 is 7.49. The van der Waals surface area contributed by atoms with Crippen molar-refractivity contribution in [1.82, 2.24) is 14.7 Å². The number of aryl methyl sites for hydroxylation is 2. The van der Waals surface area contributed by atoms with E-state index in [4.69, 9.17) is 4.74 Å². The van der Waals surface area contributed by atoms with Crippen molar-refractivity contribution in [2.24, 2.45) is 5.92 Å². The molecular formula is C20H27N3O2. The SMILES string of the molecule is Cc1cc(C)n(CC2CCN(CC(=O)OCc3ccccc3)CC2)n1. The highest BCUT2D eigenvalue weighted by molar-refractivity contribution is 5.71. The molecule has 1 fully saturated rings. The number of likely N-dealkylation sites (tertiary alicyclic amines) is 1. The van der Waals surface area contributed by atoms with Gasteiger partial charge < -0.3 is 4.74 Å². The summed E-state index contributed by atoms with van der Waals surface area (Å²) >= 11 is 0. The third-order valence-electron chi connectivity index (χ3n) is 4.84. The lowest BCUT2D eigenvalue weighted by Crippen LogP contribution is -2.38. The largest absolute Gasteiger partial charge is 0.460 e. The second kappa shape index (κ2) is 8.30. The first kappa shape index (κ1) is 17.7. The Balaban J connectivity index is 1.38. The highest BCUT2D eigenvalue weighted by Gasteiger charge is 2.22. The van der Waals surface area contributed by atoms with Crippen LogP contribution in [-0.4, -0.2) is 40.3 Å². The third-order valence-corrected chi connectivity index (χ3v) is 4.84. The van der Waals surface area contributed by atoms with Crippen molar-refractivity contribution < 1.29 is 9.53 Å². The number of piperidine rings is 1. The molecule has 2 aromatic rings. The van der Waals surface area contributed by atoms with Crippen LogP contribution in [0, 0.1) is 19.8 Å². The van der Waals surface area contributed by atoms with Crippen LogP contribution in [0.15, 0.2) is 36.4 Å². The van der Waals surface area contributed by atoms with Crippen LogP contribution in [0.5, 0.6) is 0 Å². The first-order valence-electron chi connectivity index (χ1n) is 9.03. The minimum Gasteiger partial charge on any atom is -0.460 e. The molecule has 5 heteroatoms. The highest BCUT2D eigenvalue weighted by Crippen LogP contribution is 2.20. The molecule has 0 N–H and O–H groups in total. The average molecular weight is 341 g/mol. The molecular weight excluding hydrogens is 314 g/mol. The Morgan fingerprint density at radius 3 is 2.56 bits per heavy atom. The van der Waals surface area contributed by atoms with Crippen LogP contribution in [0.1, 0.15) is 29.8 Å². The van der Waals surface area contributed by atoms with E-state index in [1.807, 2.05) is 37.3 Å². The summed E-state index contributed by atoms with van der Waals surface area (Å²) in [7, 11) is 0. The minimum absolute atomic E-state index is 0.138. The zero-order valence-electron chi connectivity index (χ0n) is 15.1. The molecule has 0 atom stereocenters. The van der Waals surface area contributed by atoms with Crippen LogP contribution in [0.25, 0.3) is 0 Å². The van der Waals surface area contributed by atoms with Crippen LogP contribution in [0.3, 0.4) is 0 Å². The van der Waals surface area contributed by atoms with Gasteiger partial charge in [0, 0.05) is 12.2 Å². The van der Waals surface area contributed by atoms with Crippen LogP contribution in [0.2, 0.25) is 0 Å². The number of hydrogen-bond acceptors (Lipinski definition) is 4. The highest BCUT2D eigenvalue weighted by atomic mass is 16.5. The fourth-order valence-corrected chi connectivity index (χ4v) is 3.40. The van der Waals surface area contributed by atoms with E-state index in [0.717, 1.165) is 43.7 Å². The lowest BCUT2D eigenvalue weighted by molar-refractivity contribution is -0.146. The van der Waals surface area contributed by atoms with E-state index >= 15 is 0 Å². The topological polar surface area (TPSA) is 47.4 Å². The molecule has 1 aliphatic rings. The van der Waals surface area contributed by atoms with Crippen molar-refractivity contribution in [3.63, 3.8) is 0 Å². The molecule has 2 heterocycles. The molecule has 0 saturated carbocycles. The van der Waals surface area contributed by atoms with Gasteiger partial charge in [-0.2, -0.15) is 5.10 Å². The third kappa shape index (κ3) is 5.16. The summed E-state index contributed by atoms with van der Waals surface area (Å²) in [6.07, 6.45) is 2.20. The summed E-state index contributed by atoms with van der Waals surface area (Å²) in [4.78, 5) is 14.2. The second-order valence-corrected chi connectivity index (χ2v) is 6.98. The van der Waals surface area contributed by atoms with E-state index in [0.29, 0.717) is 19.1 Å². The van der Waals surface area contributed by atoms with Gasteiger partial charge in [-0.3, -0.25) is 14.4 Å². The molecule has 134 valence electrons.